The Hall–Kier alpha value is -18.0. The summed E-state index contributed by atoms with van der Waals surface area (Å²) in [4.78, 5) is 120. The van der Waals surface area contributed by atoms with Gasteiger partial charge in [-0.1, -0.05) is 170 Å². The molecular formula is C113H112F2N20O11. The molecule has 1 fully saturated rings. The lowest BCUT2D eigenvalue weighted by Crippen LogP contribution is -2.51. The third kappa shape index (κ3) is 28.9. The minimum Gasteiger partial charge on any atom is -0.491 e. The molecule has 17 rings (SSSR count). The number of amides is 5. The molecule has 5 amide bonds. The number of aromatic nitrogens is 8. The highest BCUT2D eigenvalue weighted by Crippen LogP contribution is 2.34. The number of nitrogens with one attached hydrogen (secondary N) is 10. The molecule has 744 valence electrons. The number of para-hydroxylation sites is 1. The van der Waals surface area contributed by atoms with E-state index in [-0.39, 0.29) is 87.6 Å². The monoisotopic (exact) mass is 1960 g/mol. The van der Waals surface area contributed by atoms with E-state index in [4.69, 9.17) is 23.9 Å². The number of Topliss-reactive ketones (excluding diaryl/α,β-unsaturated/α-hetero) is 2. The van der Waals surface area contributed by atoms with Gasteiger partial charge in [0.15, 0.2) is 52.5 Å². The first-order chi connectivity index (χ1) is 70.4. The van der Waals surface area contributed by atoms with Crippen molar-refractivity contribution in [3.8, 4) is 28.5 Å². The molecule has 0 radical (unpaired) electrons. The van der Waals surface area contributed by atoms with Gasteiger partial charge in [0.1, 0.15) is 29.5 Å². The lowest BCUT2D eigenvalue weighted by atomic mass is 9.86. The van der Waals surface area contributed by atoms with Crippen LogP contribution in [0.1, 0.15) is 116 Å². The fraction of sp³-hybridized carbons (Fsp3) is 0.186. The molecule has 10 aromatic carbocycles. The van der Waals surface area contributed by atoms with Crippen molar-refractivity contribution in [2.45, 2.75) is 78.3 Å². The number of imidazole rings is 1. The van der Waals surface area contributed by atoms with E-state index in [0.717, 1.165) is 74.6 Å². The van der Waals surface area contributed by atoms with Gasteiger partial charge in [-0.2, -0.15) is 9.97 Å². The van der Waals surface area contributed by atoms with E-state index in [1.807, 2.05) is 145 Å². The number of nitrogens with zero attached hydrogens (tertiary/aromatic N) is 10. The Bertz CT molecular complexity index is 7200. The molecule has 1 atom stereocenters. The smallest absolute Gasteiger partial charge is 0.269 e. The number of pyridine rings is 1. The van der Waals surface area contributed by atoms with Crippen LogP contribution in [0.5, 0.6) is 17.2 Å². The van der Waals surface area contributed by atoms with Crippen LogP contribution in [0, 0.1) is 18.6 Å². The number of ketones is 2. The molecule has 0 aliphatic carbocycles. The standard InChI is InChI=1S/C35H40N4O4.C30H28N4O.C26H22FN7O3.C22H22FN5O3/c1-23-26(21-31(40)24-9-13-27(14-10-24)35(2,3)4)7-6-8-29(23)30-22-38(5)34(42)32(37-30)36-28-15-11-25(12-16-28)33(41)39-17-19-43-20-18-39;1-30(2,3)24-14-12-22(13-15-24)27(35)19-21-8-7-9-23(18-21)26-20-34-17-16-31-29(34)28(33-26)32-25-10-5-4-6-11-25;1-3-23(35)31-17-5-4-6-18(13-17)32-24-21(27)15-30-26(34-24)33-16-7-9-19(10-8-16)37-20-11-12-29-22(14-20)25(36)28-2;1-3-20(29)25-16-5-4-6-17(13-16)26-21-19(23)14-24-22(28-21)27-15-7-9-18(10-8-15)31-12-11-30-2/h6-16,22,32,36-37H,17-21H2,1-5H3;4-18,20H,19H2,1-3H3,(H,32,33);3-15H,1H2,2H3,(H,28,36)(H,31,35)(H2,30,32,33,34);3-10,13-14H,1,11-12H2,2H3,(H,25,29)(H2,24,26,27,28). The van der Waals surface area contributed by atoms with E-state index >= 15 is 0 Å². The van der Waals surface area contributed by atoms with E-state index in [1.165, 1.54) is 36.5 Å². The minimum absolute atomic E-state index is 0.00998. The van der Waals surface area contributed by atoms with Crippen molar-refractivity contribution in [3.63, 3.8) is 0 Å². The molecule has 0 bridgehead atoms. The number of hydrogen-bond donors (Lipinski definition) is 10. The number of likely N-dealkylation sites (N-methyl/N-ethyl adjacent to an activating group) is 1. The number of rotatable bonds is 32. The SMILES string of the molecule is C=CC(=O)Nc1cccc(Nc2nc(Nc3ccc(OCCOC)cc3)ncc2F)c1.C=CC(=O)Nc1cccc(Nc2nc(Nc3ccc(Oc4ccnc(C(=O)NC)c4)cc3)ncc2F)c1.CC(C)(C)c1ccc(C(=O)Cc2cccc(-c3cn4ccnc4c(Nc4ccccc4)n3)c2)cc1.Cc1c(CC(=O)c2ccc(C(C)(C)C)cc2)cccc1C1=CN(C)C(=O)C(Nc2ccc(C(=O)N3CCOCC3)cc2)N1. The quantitative estimate of drug-likeness (QED) is 0.0106. The summed E-state index contributed by atoms with van der Waals surface area (Å²) in [6, 6.07) is 77.7. The van der Waals surface area contributed by atoms with Crippen LogP contribution in [0.4, 0.5) is 83.6 Å². The van der Waals surface area contributed by atoms with Crippen molar-refractivity contribution in [2.24, 2.45) is 0 Å². The first kappa shape index (κ1) is 104. The first-order valence-corrected chi connectivity index (χ1v) is 46.9. The number of anilines is 13. The zero-order valence-corrected chi connectivity index (χ0v) is 82.3. The number of carbonyl (C=O) groups excluding carboxylic acids is 7. The van der Waals surface area contributed by atoms with Gasteiger partial charge < -0.3 is 86.3 Å². The van der Waals surface area contributed by atoms with Crippen LogP contribution in [-0.2, 0) is 47.5 Å². The second-order valence-electron chi connectivity index (χ2n) is 35.7. The third-order valence-electron chi connectivity index (χ3n) is 23.0. The fourth-order valence-corrected chi connectivity index (χ4v) is 15.1. The van der Waals surface area contributed by atoms with Gasteiger partial charge in [0.25, 0.3) is 17.7 Å². The van der Waals surface area contributed by atoms with Crippen molar-refractivity contribution in [1.82, 2.24) is 59.7 Å². The highest BCUT2D eigenvalue weighted by molar-refractivity contribution is 6.01. The van der Waals surface area contributed by atoms with Crippen molar-refractivity contribution in [1.29, 1.82) is 0 Å². The van der Waals surface area contributed by atoms with E-state index < -0.39 is 17.8 Å². The maximum absolute atomic E-state index is 14.4. The van der Waals surface area contributed by atoms with Gasteiger partial charge in [0.2, 0.25) is 23.7 Å². The summed E-state index contributed by atoms with van der Waals surface area (Å²) in [5, 5.41) is 29.6. The molecule has 2 aliphatic heterocycles. The largest absolute Gasteiger partial charge is 0.491 e. The van der Waals surface area contributed by atoms with E-state index in [2.05, 4.69) is 150 Å². The lowest BCUT2D eigenvalue weighted by molar-refractivity contribution is -0.129. The topological polar surface area (TPSA) is 378 Å². The second-order valence-corrected chi connectivity index (χ2v) is 35.7. The summed E-state index contributed by atoms with van der Waals surface area (Å²) in [5.41, 5.74) is 17.0. The zero-order chi connectivity index (χ0) is 103. The molecule has 7 heterocycles. The Morgan fingerprint density at radius 1 is 0.527 bits per heavy atom. The van der Waals surface area contributed by atoms with Crippen LogP contribution in [0.15, 0.2) is 323 Å². The van der Waals surface area contributed by atoms with Crippen LogP contribution in [-0.4, -0.2) is 157 Å². The minimum atomic E-state index is -0.711. The number of benzene rings is 10. The van der Waals surface area contributed by atoms with Gasteiger partial charge in [-0.25, -0.2) is 28.7 Å². The van der Waals surface area contributed by atoms with Gasteiger partial charge in [0, 0.05) is 158 Å². The van der Waals surface area contributed by atoms with E-state index in [1.54, 1.807) is 152 Å². The highest BCUT2D eigenvalue weighted by Gasteiger charge is 2.30. The Labute approximate surface area is 844 Å². The molecular weight excluding hydrogens is 1850 g/mol. The van der Waals surface area contributed by atoms with Crippen molar-refractivity contribution >= 4 is 127 Å². The molecule has 1 unspecified atom stereocenters. The van der Waals surface area contributed by atoms with Gasteiger partial charge >= 0.3 is 0 Å². The highest BCUT2D eigenvalue weighted by atomic mass is 19.1. The van der Waals surface area contributed by atoms with Crippen LogP contribution in [0.2, 0.25) is 0 Å². The molecule has 15 aromatic rings. The Kier molecular flexibility index (Phi) is 34.8. The van der Waals surface area contributed by atoms with Crippen molar-refractivity contribution in [2.75, 3.05) is 103 Å². The lowest BCUT2D eigenvalue weighted by Gasteiger charge is -2.32. The molecule has 1 saturated heterocycles. The van der Waals surface area contributed by atoms with E-state index in [9.17, 15) is 42.3 Å². The van der Waals surface area contributed by atoms with Crippen LogP contribution >= 0.6 is 0 Å². The summed E-state index contributed by atoms with van der Waals surface area (Å²) in [6.45, 7) is 25.0. The van der Waals surface area contributed by atoms with Crippen LogP contribution in [0.25, 0.3) is 22.6 Å². The number of carbonyl (C=O) groups is 7. The fourth-order valence-electron chi connectivity index (χ4n) is 15.1. The molecule has 33 heteroatoms. The third-order valence-corrected chi connectivity index (χ3v) is 23.0. The summed E-state index contributed by atoms with van der Waals surface area (Å²) in [6.07, 6.45) is 13.3. The maximum Gasteiger partial charge on any atom is 0.269 e. The summed E-state index contributed by atoms with van der Waals surface area (Å²) >= 11 is 0. The normalized spacial score (nSPS) is 12.6. The molecule has 5 aromatic heterocycles. The van der Waals surface area contributed by atoms with Gasteiger partial charge in [-0.3, -0.25) is 38.5 Å². The number of halogens is 2. The average molecular weight is 1960 g/mol. The first-order valence-electron chi connectivity index (χ1n) is 46.9. The number of ether oxygens (including phenoxy) is 4. The summed E-state index contributed by atoms with van der Waals surface area (Å²) < 4.78 is 52.2. The number of morpholine rings is 1. The number of fused-ring (bicyclic) bond motifs is 1. The van der Waals surface area contributed by atoms with Gasteiger partial charge in [-0.15, -0.1) is 0 Å². The maximum atomic E-state index is 14.4. The molecule has 2 aliphatic rings. The van der Waals surface area contributed by atoms with Crippen molar-refractivity contribution in [3.05, 3.63) is 391 Å². The van der Waals surface area contributed by atoms with Crippen LogP contribution < -0.4 is 62.6 Å². The van der Waals surface area contributed by atoms with Gasteiger partial charge in [0.05, 0.1) is 43.6 Å². The zero-order valence-electron chi connectivity index (χ0n) is 82.3. The number of hydrogen-bond acceptors (Lipinski definition) is 25. The average Bonchev–Trinajstić information content (AvgIpc) is 1.24. The predicted molar refractivity (Wildman–Crippen MR) is 566 cm³/mol. The Morgan fingerprint density at radius 2 is 1.05 bits per heavy atom. The Balaban J connectivity index is 0.000000155. The molecule has 146 heavy (non-hydrogen) atoms. The molecule has 10 N–H and O–H groups in total. The second kappa shape index (κ2) is 48.9. The predicted octanol–water partition coefficient (Wildman–Crippen LogP) is 20.9. The van der Waals surface area contributed by atoms with Crippen LogP contribution in [0.3, 0.4) is 0 Å². The van der Waals surface area contributed by atoms with Gasteiger partial charge in [-0.05, 0) is 191 Å². The molecule has 31 nitrogen and oxygen atoms in total. The van der Waals surface area contributed by atoms with Crippen molar-refractivity contribution < 1.29 is 61.3 Å². The summed E-state index contributed by atoms with van der Waals surface area (Å²) in [5.74, 6) is 0.418. The number of methoxy groups -OCH3 is 1. The van der Waals surface area contributed by atoms with E-state index in [0.29, 0.717) is 120 Å². The Morgan fingerprint density at radius 3 is 1.62 bits per heavy atom. The molecule has 0 spiro atoms. The summed E-state index contributed by atoms with van der Waals surface area (Å²) in [7, 11) is 4.86. The molecule has 0 saturated carbocycles.